The predicted molar refractivity (Wildman–Crippen MR) is 69.7 cm³/mol. The monoisotopic (exact) mass is 227 g/mol. The van der Waals surface area contributed by atoms with Crippen molar-refractivity contribution in [3.63, 3.8) is 0 Å². The van der Waals surface area contributed by atoms with Crippen molar-refractivity contribution in [3.8, 4) is 0 Å². The van der Waals surface area contributed by atoms with Gasteiger partial charge in [0.1, 0.15) is 0 Å². The molecule has 0 amide bonds. The topological polar surface area (TPSA) is 21.3 Å². The molecule has 2 heteroatoms. The second-order valence-corrected chi connectivity index (χ2v) is 5.86. The molecule has 0 heterocycles. The normalized spacial score (nSPS) is 22.1. The fourth-order valence-electron chi connectivity index (χ4n) is 2.14. The third kappa shape index (κ3) is 4.06. The first-order valence-corrected chi connectivity index (χ1v) is 6.84. The Kier molecular flexibility index (Phi) is 5.26. The number of ether oxygens (including phenoxy) is 1. The van der Waals surface area contributed by atoms with Crippen molar-refractivity contribution in [1.82, 2.24) is 5.32 Å². The standard InChI is InChI=1S/C14H29NO/c1-6-16-13(11(2)3)7-10-15-12(4)14(5)8-9-14/h11-13,15H,6-10H2,1-5H3. The van der Waals surface area contributed by atoms with Gasteiger partial charge in [-0.25, -0.2) is 0 Å². The lowest BCUT2D eigenvalue weighted by Crippen LogP contribution is -2.36. The Morgan fingerprint density at radius 3 is 2.31 bits per heavy atom. The predicted octanol–water partition coefficient (Wildman–Crippen LogP) is 3.22. The molecule has 0 aromatic heterocycles. The smallest absolute Gasteiger partial charge is 0.0609 e. The highest BCUT2D eigenvalue weighted by molar-refractivity contribution is 4.96. The highest BCUT2D eigenvalue weighted by Gasteiger charge is 2.42. The van der Waals surface area contributed by atoms with Gasteiger partial charge in [0.25, 0.3) is 0 Å². The highest BCUT2D eigenvalue weighted by Crippen LogP contribution is 2.47. The van der Waals surface area contributed by atoms with E-state index in [2.05, 4.69) is 39.9 Å². The Balaban J connectivity index is 2.17. The second-order valence-electron chi connectivity index (χ2n) is 5.86. The molecule has 0 aromatic rings. The lowest BCUT2D eigenvalue weighted by Gasteiger charge is -2.24. The van der Waals surface area contributed by atoms with E-state index in [1.807, 2.05) is 0 Å². The van der Waals surface area contributed by atoms with Crippen molar-refractivity contribution in [1.29, 1.82) is 0 Å². The zero-order valence-electron chi connectivity index (χ0n) is 11.7. The Morgan fingerprint density at radius 1 is 1.25 bits per heavy atom. The van der Waals surface area contributed by atoms with E-state index in [9.17, 15) is 0 Å². The van der Waals surface area contributed by atoms with Crippen LogP contribution in [-0.2, 0) is 4.74 Å². The van der Waals surface area contributed by atoms with E-state index in [1.165, 1.54) is 12.8 Å². The van der Waals surface area contributed by atoms with Crippen LogP contribution < -0.4 is 5.32 Å². The van der Waals surface area contributed by atoms with Gasteiger partial charge in [-0.2, -0.15) is 0 Å². The van der Waals surface area contributed by atoms with Crippen molar-refractivity contribution in [2.75, 3.05) is 13.2 Å². The van der Waals surface area contributed by atoms with Gasteiger partial charge in [0.2, 0.25) is 0 Å². The van der Waals surface area contributed by atoms with Crippen LogP contribution in [0.4, 0.5) is 0 Å². The van der Waals surface area contributed by atoms with Crippen molar-refractivity contribution in [3.05, 3.63) is 0 Å². The molecule has 0 radical (unpaired) electrons. The van der Waals surface area contributed by atoms with Crippen LogP contribution in [0, 0.1) is 11.3 Å². The summed E-state index contributed by atoms with van der Waals surface area (Å²) in [5.74, 6) is 0.619. The van der Waals surface area contributed by atoms with E-state index < -0.39 is 0 Å². The molecule has 2 atom stereocenters. The van der Waals surface area contributed by atoms with Crippen molar-refractivity contribution < 1.29 is 4.74 Å². The molecule has 0 aliphatic heterocycles. The van der Waals surface area contributed by atoms with Crippen LogP contribution in [0.3, 0.4) is 0 Å². The van der Waals surface area contributed by atoms with E-state index >= 15 is 0 Å². The molecule has 1 saturated carbocycles. The molecule has 2 nitrogen and oxygen atoms in total. The fraction of sp³-hybridized carbons (Fsp3) is 1.00. The van der Waals surface area contributed by atoms with E-state index in [-0.39, 0.29) is 0 Å². The summed E-state index contributed by atoms with van der Waals surface area (Å²) in [5, 5.41) is 3.65. The quantitative estimate of drug-likeness (QED) is 0.687. The van der Waals surface area contributed by atoms with Gasteiger partial charge in [-0.1, -0.05) is 20.8 Å². The lowest BCUT2D eigenvalue weighted by molar-refractivity contribution is 0.0244. The molecular formula is C14H29NO. The molecule has 1 fully saturated rings. The zero-order valence-corrected chi connectivity index (χ0v) is 11.7. The van der Waals surface area contributed by atoms with Crippen LogP contribution in [0.5, 0.6) is 0 Å². The molecule has 16 heavy (non-hydrogen) atoms. The highest BCUT2D eigenvalue weighted by atomic mass is 16.5. The molecule has 1 N–H and O–H groups in total. The number of nitrogens with one attached hydrogen (secondary N) is 1. The molecule has 1 aliphatic carbocycles. The summed E-state index contributed by atoms with van der Waals surface area (Å²) >= 11 is 0. The third-order valence-corrected chi connectivity index (χ3v) is 4.09. The summed E-state index contributed by atoms with van der Waals surface area (Å²) in [7, 11) is 0. The summed E-state index contributed by atoms with van der Waals surface area (Å²) in [6, 6.07) is 0.655. The van der Waals surface area contributed by atoms with Crippen molar-refractivity contribution >= 4 is 0 Å². The van der Waals surface area contributed by atoms with Gasteiger partial charge in [-0.3, -0.25) is 0 Å². The van der Waals surface area contributed by atoms with Gasteiger partial charge in [-0.15, -0.1) is 0 Å². The molecule has 0 aromatic carbocycles. The van der Waals surface area contributed by atoms with Gasteiger partial charge >= 0.3 is 0 Å². The molecule has 2 unspecified atom stereocenters. The average Bonchev–Trinajstić information content (AvgIpc) is 2.96. The van der Waals surface area contributed by atoms with Crippen LogP contribution in [0.25, 0.3) is 0 Å². The SMILES string of the molecule is CCOC(CCNC(C)C1(C)CC1)C(C)C. The largest absolute Gasteiger partial charge is 0.378 e. The van der Waals surface area contributed by atoms with E-state index in [0.29, 0.717) is 23.5 Å². The maximum Gasteiger partial charge on any atom is 0.0609 e. The Bertz CT molecular complexity index is 199. The summed E-state index contributed by atoms with van der Waals surface area (Å²) < 4.78 is 5.75. The fourth-order valence-corrected chi connectivity index (χ4v) is 2.14. The minimum Gasteiger partial charge on any atom is -0.378 e. The minimum absolute atomic E-state index is 0.414. The van der Waals surface area contributed by atoms with Gasteiger partial charge in [0.05, 0.1) is 6.10 Å². The molecule has 0 bridgehead atoms. The average molecular weight is 227 g/mol. The lowest BCUT2D eigenvalue weighted by atomic mass is 10.00. The van der Waals surface area contributed by atoms with E-state index in [1.54, 1.807) is 0 Å². The maximum atomic E-state index is 5.75. The van der Waals surface area contributed by atoms with Crippen LogP contribution in [0.15, 0.2) is 0 Å². The first-order chi connectivity index (χ1) is 7.49. The maximum absolute atomic E-state index is 5.75. The third-order valence-electron chi connectivity index (χ3n) is 4.09. The number of rotatable bonds is 8. The van der Waals surface area contributed by atoms with Crippen LogP contribution >= 0.6 is 0 Å². The number of hydrogen-bond acceptors (Lipinski definition) is 2. The first-order valence-electron chi connectivity index (χ1n) is 6.84. The Morgan fingerprint density at radius 2 is 1.88 bits per heavy atom. The molecule has 1 rings (SSSR count). The van der Waals surface area contributed by atoms with Gasteiger partial charge in [-0.05, 0) is 51.0 Å². The summed E-state index contributed by atoms with van der Waals surface area (Å²) in [6.07, 6.45) is 4.32. The molecule has 0 spiro atoms. The van der Waals surface area contributed by atoms with Gasteiger partial charge < -0.3 is 10.1 Å². The summed E-state index contributed by atoms with van der Waals surface area (Å²) in [4.78, 5) is 0. The van der Waals surface area contributed by atoms with Crippen LogP contribution in [-0.4, -0.2) is 25.3 Å². The molecule has 96 valence electrons. The zero-order chi connectivity index (χ0) is 12.2. The summed E-state index contributed by atoms with van der Waals surface area (Å²) in [6.45, 7) is 13.2. The molecule has 0 saturated heterocycles. The second kappa shape index (κ2) is 6.02. The van der Waals surface area contributed by atoms with Gasteiger partial charge in [0, 0.05) is 12.6 Å². The van der Waals surface area contributed by atoms with Crippen molar-refractivity contribution in [2.45, 2.75) is 66.0 Å². The Hall–Kier alpha value is -0.0800. The molecule has 1 aliphatic rings. The van der Waals surface area contributed by atoms with Crippen molar-refractivity contribution in [2.24, 2.45) is 11.3 Å². The van der Waals surface area contributed by atoms with E-state index in [0.717, 1.165) is 19.6 Å². The molecular weight excluding hydrogens is 198 g/mol. The van der Waals surface area contributed by atoms with Crippen LogP contribution in [0.2, 0.25) is 0 Å². The van der Waals surface area contributed by atoms with Crippen LogP contribution in [0.1, 0.15) is 53.9 Å². The number of hydrogen-bond donors (Lipinski definition) is 1. The minimum atomic E-state index is 0.414. The first kappa shape index (κ1) is 14.0. The Labute approximate surface area is 101 Å². The van der Waals surface area contributed by atoms with E-state index in [4.69, 9.17) is 4.74 Å². The summed E-state index contributed by atoms with van der Waals surface area (Å²) in [5.41, 5.74) is 0.582. The van der Waals surface area contributed by atoms with Gasteiger partial charge in [0.15, 0.2) is 0 Å².